The lowest BCUT2D eigenvalue weighted by molar-refractivity contribution is -0.390. The van der Waals surface area contributed by atoms with E-state index in [4.69, 9.17) is 39.9 Å². The number of benzene rings is 2. The average Bonchev–Trinajstić information content (AvgIpc) is 2.58. The Morgan fingerprint density at radius 3 is 2.35 bits per heavy atom. The highest BCUT2D eigenvalue weighted by molar-refractivity contribution is 6.36. The monoisotopic (exact) mass is 409 g/mol. The minimum atomic E-state index is -0.206. The molecule has 1 aliphatic rings. The summed E-state index contributed by atoms with van der Waals surface area (Å²) < 4.78 is 1.79. The summed E-state index contributed by atoms with van der Waals surface area (Å²) in [6.07, 6.45) is 1.80. The quantitative estimate of drug-likeness (QED) is 0.753. The first kappa shape index (κ1) is 18.9. The summed E-state index contributed by atoms with van der Waals surface area (Å²) in [5.74, 6) is -0.206. The van der Waals surface area contributed by atoms with Crippen LogP contribution in [-0.2, 0) is 4.79 Å². The zero-order valence-electron chi connectivity index (χ0n) is 13.9. The van der Waals surface area contributed by atoms with Crippen LogP contribution in [0, 0.1) is 0 Å². The molecule has 0 radical (unpaired) electrons. The molecule has 3 rings (SSSR count). The lowest BCUT2D eigenvalue weighted by Crippen LogP contribution is -2.39. The third-order valence-electron chi connectivity index (χ3n) is 4.05. The number of likely N-dealkylation sites (N-methyl/N-ethyl adjacent to an activating group) is 1. The Kier molecular flexibility index (Phi) is 5.68. The van der Waals surface area contributed by atoms with E-state index >= 15 is 0 Å². The van der Waals surface area contributed by atoms with Gasteiger partial charge >= 0.3 is 5.91 Å². The van der Waals surface area contributed by atoms with Gasteiger partial charge in [-0.2, -0.15) is 0 Å². The topological polar surface area (TPSA) is 43.5 Å². The molecular formula is C19H16Cl3N2O2+. The highest BCUT2D eigenvalue weighted by Gasteiger charge is 2.40. The summed E-state index contributed by atoms with van der Waals surface area (Å²) in [6.45, 7) is 0.139. The molecule has 26 heavy (non-hydrogen) atoms. The molecule has 0 aliphatic carbocycles. The van der Waals surface area contributed by atoms with Crippen molar-refractivity contribution in [3.8, 4) is 0 Å². The minimum absolute atomic E-state index is 0.106. The Morgan fingerprint density at radius 1 is 1.08 bits per heavy atom. The first-order valence-electron chi connectivity index (χ1n) is 7.88. The maximum absolute atomic E-state index is 12.7. The number of carbonyl (C=O) groups is 1. The first-order valence-corrected chi connectivity index (χ1v) is 9.02. The normalized spacial score (nSPS) is 13.3. The van der Waals surface area contributed by atoms with Crippen molar-refractivity contribution < 1.29 is 14.5 Å². The number of carbonyl (C=O) groups excluding carboxylic acids is 1. The van der Waals surface area contributed by atoms with Gasteiger partial charge in [-0.3, -0.25) is 4.79 Å². The zero-order valence-corrected chi connectivity index (χ0v) is 16.2. The number of allylic oxidation sites excluding steroid dienone is 1. The lowest BCUT2D eigenvalue weighted by Gasteiger charge is -2.21. The Labute approximate surface area is 166 Å². The number of hydrogen-bond acceptors (Lipinski definition) is 2. The van der Waals surface area contributed by atoms with Crippen molar-refractivity contribution in [2.75, 3.05) is 20.2 Å². The molecule has 0 unspecified atom stereocenters. The van der Waals surface area contributed by atoms with Gasteiger partial charge in [-0.05, 0) is 36.4 Å². The third-order valence-corrected chi connectivity index (χ3v) is 4.84. The number of halogens is 3. The second kappa shape index (κ2) is 7.80. The molecule has 0 aromatic heterocycles. The number of aliphatic hydroxyl groups excluding tert-OH is 1. The molecule has 4 nitrogen and oxygen atoms in total. The zero-order chi connectivity index (χ0) is 18.8. The van der Waals surface area contributed by atoms with E-state index in [0.717, 1.165) is 11.3 Å². The van der Waals surface area contributed by atoms with Crippen LogP contribution in [-0.4, -0.2) is 46.4 Å². The van der Waals surface area contributed by atoms with Crippen LogP contribution in [0.1, 0.15) is 5.56 Å². The molecule has 1 amide bonds. The van der Waals surface area contributed by atoms with Gasteiger partial charge in [0.15, 0.2) is 0 Å². The molecule has 0 fully saturated rings. The van der Waals surface area contributed by atoms with Crippen molar-refractivity contribution in [1.29, 1.82) is 0 Å². The number of nitrogens with zero attached hydrogens (tertiary/aromatic N) is 2. The van der Waals surface area contributed by atoms with E-state index in [1.807, 2.05) is 12.1 Å². The van der Waals surface area contributed by atoms with Crippen molar-refractivity contribution in [2.24, 2.45) is 0 Å². The fraction of sp³-hybridized carbons (Fsp3) is 0.158. The standard InChI is InChI=1S/C19H16Cl3N2O2/c1-23(8-9-25)19(26)18-11-17(12-2-4-13(20)5-3-12)24(18)16-7-6-14(21)10-15(16)22/h2-7,10-11,25H,8-9H2,1H3/q+1. The Morgan fingerprint density at radius 2 is 1.73 bits per heavy atom. The van der Waals surface area contributed by atoms with Gasteiger partial charge in [0.1, 0.15) is 5.02 Å². The van der Waals surface area contributed by atoms with E-state index in [1.54, 1.807) is 48.0 Å². The van der Waals surface area contributed by atoms with Crippen molar-refractivity contribution in [1.82, 2.24) is 4.90 Å². The molecular weight excluding hydrogens is 395 g/mol. The van der Waals surface area contributed by atoms with Crippen LogP contribution in [0.3, 0.4) is 0 Å². The van der Waals surface area contributed by atoms with Crippen molar-refractivity contribution in [3.05, 3.63) is 74.9 Å². The van der Waals surface area contributed by atoms with Gasteiger partial charge in [-0.25, -0.2) is 0 Å². The van der Waals surface area contributed by atoms with Gasteiger partial charge in [0.05, 0.1) is 12.7 Å². The summed E-state index contributed by atoms with van der Waals surface area (Å²) in [4.78, 5) is 14.2. The summed E-state index contributed by atoms with van der Waals surface area (Å²) in [6, 6.07) is 12.5. The molecule has 0 bridgehead atoms. The van der Waals surface area contributed by atoms with Crippen LogP contribution in [0.15, 0.2) is 54.2 Å². The average molecular weight is 411 g/mol. The van der Waals surface area contributed by atoms with Gasteiger partial charge in [-0.15, -0.1) is 4.58 Å². The fourth-order valence-electron chi connectivity index (χ4n) is 2.68. The molecule has 1 heterocycles. The molecule has 1 N–H and O–H groups in total. The van der Waals surface area contributed by atoms with Crippen LogP contribution in [0.4, 0.5) is 5.69 Å². The second-order valence-electron chi connectivity index (χ2n) is 5.80. The van der Waals surface area contributed by atoms with E-state index < -0.39 is 0 Å². The van der Waals surface area contributed by atoms with E-state index in [1.165, 1.54) is 4.90 Å². The fourth-order valence-corrected chi connectivity index (χ4v) is 3.30. The van der Waals surface area contributed by atoms with Crippen molar-refractivity contribution in [2.45, 2.75) is 0 Å². The molecule has 0 atom stereocenters. The first-order chi connectivity index (χ1) is 12.4. The Balaban J connectivity index is 2.07. The SMILES string of the molecule is CN(CCO)C(=O)C1=CC(c2ccc(Cl)cc2)=[N+]1c1ccc(Cl)cc1Cl. The largest absolute Gasteiger partial charge is 0.395 e. The minimum Gasteiger partial charge on any atom is -0.395 e. The van der Waals surface area contributed by atoms with Gasteiger partial charge in [0, 0.05) is 35.3 Å². The highest BCUT2D eigenvalue weighted by atomic mass is 35.5. The molecule has 0 saturated carbocycles. The van der Waals surface area contributed by atoms with Crippen LogP contribution in [0.5, 0.6) is 0 Å². The highest BCUT2D eigenvalue weighted by Crippen LogP contribution is 2.34. The molecule has 2 aromatic carbocycles. The number of hydrogen-bond donors (Lipinski definition) is 1. The number of aliphatic hydroxyl groups is 1. The number of rotatable bonds is 5. The Hall–Kier alpha value is -1.85. The smallest absolute Gasteiger partial charge is 0.319 e. The molecule has 134 valence electrons. The third kappa shape index (κ3) is 3.64. The van der Waals surface area contributed by atoms with E-state index in [0.29, 0.717) is 26.5 Å². The molecule has 0 spiro atoms. The Bertz CT molecular complexity index is 921. The van der Waals surface area contributed by atoms with Crippen LogP contribution < -0.4 is 0 Å². The van der Waals surface area contributed by atoms with Gasteiger partial charge in [0.25, 0.3) is 5.70 Å². The van der Waals surface area contributed by atoms with Crippen LogP contribution in [0.25, 0.3) is 0 Å². The van der Waals surface area contributed by atoms with Crippen molar-refractivity contribution in [3.63, 3.8) is 0 Å². The van der Waals surface area contributed by atoms with Gasteiger partial charge in [0.2, 0.25) is 11.4 Å². The molecule has 7 heteroatoms. The van der Waals surface area contributed by atoms with E-state index in [2.05, 4.69) is 0 Å². The second-order valence-corrected chi connectivity index (χ2v) is 7.08. The maximum atomic E-state index is 12.7. The maximum Gasteiger partial charge on any atom is 0.319 e. The van der Waals surface area contributed by atoms with Crippen molar-refractivity contribution >= 4 is 52.1 Å². The molecule has 2 aromatic rings. The molecule has 0 saturated heterocycles. The number of amides is 1. The molecule has 1 aliphatic heterocycles. The lowest BCUT2D eigenvalue weighted by atomic mass is 10.0. The van der Waals surface area contributed by atoms with E-state index in [-0.39, 0.29) is 19.1 Å². The predicted octanol–water partition coefficient (Wildman–Crippen LogP) is 4.13. The van der Waals surface area contributed by atoms with Crippen LogP contribution >= 0.6 is 34.8 Å². The van der Waals surface area contributed by atoms with Crippen LogP contribution in [0.2, 0.25) is 15.1 Å². The van der Waals surface area contributed by atoms with Gasteiger partial charge in [-0.1, -0.05) is 34.8 Å². The van der Waals surface area contributed by atoms with Gasteiger partial charge < -0.3 is 10.0 Å². The summed E-state index contributed by atoms with van der Waals surface area (Å²) >= 11 is 18.3. The summed E-state index contributed by atoms with van der Waals surface area (Å²) in [5, 5.41) is 10.7. The summed E-state index contributed by atoms with van der Waals surface area (Å²) in [5.41, 5.74) is 2.85. The van der Waals surface area contributed by atoms with E-state index in [9.17, 15) is 4.79 Å². The predicted molar refractivity (Wildman–Crippen MR) is 105 cm³/mol. The summed E-state index contributed by atoms with van der Waals surface area (Å²) in [7, 11) is 1.64.